The smallest absolute Gasteiger partial charge is 0.329 e. The van der Waals surface area contributed by atoms with E-state index in [1.807, 2.05) is 45.0 Å². The van der Waals surface area contributed by atoms with Crippen molar-refractivity contribution in [2.75, 3.05) is 12.4 Å². The van der Waals surface area contributed by atoms with Crippen molar-refractivity contribution in [1.29, 1.82) is 0 Å². The number of anilines is 1. The molecule has 0 fully saturated rings. The first kappa shape index (κ1) is 22.1. The van der Waals surface area contributed by atoms with Crippen molar-refractivity contribution in [2.45, 2.75) is 20.8 Å². The number of aromatic nitrogens is 1. The van der Waals surface area contributed by atoms with E-state index in [9.17, 15) is 9.59 Å². The van der Waals surface area contributed by atoms with Gasteiger partial charge in [0.15, 0.2) is 0 Å². The number of halogens is 1. The van der Waals surface area contributed by atoms with Crippen LogP contribution in [0.4, 0.5) is 5.69 Å². The molecule has 0 unspecified atom stereocenters. The second kappa shape index (κ2) is 9.49. The Labute approximate surface area is 185 Å². The Balaban J connectivity index is 1.73. The lowest BCUT2D eigenvalue weighted by molar-refractivity contribution is -0.136. The Bertz CT molecular complexity index is 1150. The van der Waals surface area contributed by atoms with E-state index in [0.29, 0.717) is 10.7 Å². The molecule has 0 aliphatic rings. The molecule has 1 heterocycles. The van der Waals surface area contributed by atoms with Gasteiger partial charge in [-0.3, -0.25) is 9.59 Å². The number of hydrogen-bond acceptors (Lipinski definition) is 4. The molecular weight excluding hydrogens is 416 g/mol. The van der Waals surface area contributed by atoms with E-state index in [2.05, 4.69) is 20.4 Å². The number of methoxy groups -OCH3 is 1. The monoisotopic (exact) mass is 438 g/mol. The molecule has 3 rings (SSSR count). The summed E-state index contributed by atoms with van der Waals surface area (Å²) in [5, 5.41) is 6.95. The third-order valence-electron chi connectivity index (χ3n) is 4.72. The van der Waals surface area contributed by atoms with Crippen molar-refractivity contribution in [3.05, 3.63) is 76.1 Å². The number of carbonyl (C=O) groups is 2. The molecule has 1 aromatic heterocycles. The fraction of sp³-hybridized carbons (Fsp3) is 0.174. The zero-order valence-electron chi connectivity index (χ0n) is 17.7. The average Bonchev–Trinajstić information content (AvgIpc) is 3.02. The first-order valence-corrected chi connectivity index (χ1v) is 9.92. The van der Waals surface area contributed by atoms with E-state index in [1.165, 1.54) is 6.21 Å². The van der Waals surface area contributed by atoms with Crippen LogP contribution in [0.5, 0.6) is 5.75 Å². The van der Waals surface area contributed by atoms with Crippen molar-refractivity contribution in [3.8, 4) is 11.4 Å². The van der Waals surface area contributed by atoms with Crippen molar-refractivity contribution >= 4 is 35.3 Å². The summed E-state index contributed by atoms with van der Waals surface area (Å²) in [6.07, 6.45) is 1.51. The molecule has 0 atom stereocenters. The molecular formula is C23H23ClN4O3. The van der Waals surface area contributed by atoms with Gasteiger partial charge < -0.3 is 14.6 Å². The van der Waals surface area contributed by atoms with Gasteiger partial charge in [-0.15, -0.1) is 0 Å². The molecule has 2 aromatic carbocycles. The van der Waals surface area contributed by atoms with Crippen LogP contribution in [0.3, 0.4) is 0 Å². The van der Waals surface area contributed by atoms with Gasteiger partial charge in [0.25, 0.3) is 0 Å². The van der Waals surface area contributed by atoms with Crippen LogP contribution < -0.4 is 15.5 Å². The summed E-state index contributed by atoms with van der Waals surface area (Å²) in [5.41, 5.74) is 7.45. The summed E-state index contributed by atoms with van der Waals surface area (Å²) in [4.78, 5) is 24.0. The van der Waals surface area contributed by atoms with Gasteiger partial charge in [-0.25, -0.2) is 5.43 Å². The third-order valence-corrected chi connectivity index (χ3v) is 4.98. The lowest BCUT2D eigenvalue weighted by atomic mass is 10.2. The Morgan fingerprint density at radius 1 is 1.03 bits per heavy atom. The molecule has 160 valence electrons. The molecule has 0 bridgehead atoms. The topological polar surface area (TPSA) is 84.7 Å². The normalized spacial score (nSPS) is 10.9. The van der Waals surface area contributed by atoms with Gasteiger partial charge in [-0.2, -0.15) is 5.10 Å². The van der Waals surface area contributed by atoms with Crippen LogP contribution in [0.15, 0.2) is 53.6 Å². The Morgan fingerprint density at radius 3 is 2.42 bits per heavy atom. The molecule has 8 heteroatoms. The number of hydrogen-bond donors (Lipinski definition) is 2. The second-order valence-corrected chi connectivity index (χ2v) is 7.43. The molecule has 7 nitrogen and oxygen atoms in total. The highest BCUT2D eigenvalue weighted by Crippen LogP contribution is 2.28. The molecule has 0 saturated carbocycles. The van der Waals surface area contributed by atoms with Crippen molar-refractivity contribution in [1.82, 2.24) is 9.99 Å². The van der Waals surface area contributed by atoms with Crippen LogP contribution >= 0.6 is 11.6 Å². The van der Waals surface area contributed by atoms with Crippen molar-refractivity contribution < 1.29 is 14.3 Å². The van der Waals surface area contributed by atoms with E-state index in [4.69, 9.17) is 16.3 Å². The number of rotatable bonds is 5. The highest BCUT2D eigenvalue weighted by molar-refractivity contribution is 6.39. The van der Waals surface area contributed by atoms with Crippen LogP contribution in [0.2, 0.25) is 5.02 Å². The summed E-state index contributed by atoms with van der Waals surface area (Å²) in [6.45, 7) is 5.94. The number of amides is 2. The average molecular weight is 439 g/mol. The molecule has 0 aliphatic heterocycles. The fourth-order valence-corrected chi connectivity index (χ4v) is 3.32. The van der Waals surface area contributed by atoms with Gasteiger partial charge in [0, 0.05) is 27.7 Å². The van der Waals surface area contributed by atoms with Gasteiger partial charge in [0.05, 0.1) is 19.0 Å². The van der Waals surface area contributed by atoms with Gasteiger partial charge in [0.1, 0.15) is 5.75 Å². The minimum atomic E-state index is -0.875. The van der Waals surface area contributed by atoms with Crippen molar-refractivity contribution in [3.63, 3.8) is 0 Å². The maximum absolute atomic E-state index is 12.0. The van der Waals surface area contributed by atoms with E-state index in [0.717, 1.165) is 34.0 Å². The predicted octanol–water partition coefficient (Wildman–Crippen LogP) is 4.15. The summed E-state index contributed by atoms with van der Waals surface area (Å²) in [7, 11) is 1.63. The van der Waals surface area contributed by atoms with Crippen LogP contribution in [0.25, 0.3) is 5.69 Å². The maximum Gasteiger partial charge on any atom is 0.329 e. The number of nitrogens with zero attached hydrogens (tertiary/aromatic N) is 2. The molecule has 0 radical (unpaired) electrons. The fourth-order valence-electron chi connectivity index (χ4n) is 3.20. The quantitative estimate of drug-likeness (QED) is 0.356. The number of aryl methyl sites for hydroxylation is 2. The zero-order chi connectivity index (χ0) is 22.5. The summed E-state index contributed by atoms with van der Waals surface area (Å²) >= 11 is 5.81. The lowest BCUT2D eigenvalue weighted by Crippen LogP contribution is -2.32. The van der Waals surface area contributed by atoms with Crippen LogP contribution in [0, 0.1) is 20.8 Å². The van der Waals surface area contributed by atoms with Gasteiger partial charge in [0.2, 0.25) is 0 Å². The van der Waals surface area contributed by atoms with E-state index < -0.39 is 11.8 Å². The summed E-state index contributed by atoms with van der Waals surface area (Å²) in [5.74, 6) is -0.946. The molecule has 3 aromatic rings. The molecule has 0 saturated heterocycles. The molecule has 2 amide bonds. The molecule has 2 N–H and O–H groups in total. The molecule has 0 aliphatic carbocycles. The first-order valence-electron chi connectivity index (χ1n) is 9.54. The largest absolute Gasteiger partial charge is 0.495 e. The highest BCUT2D eigenvalue weighted by Gasteiger charge is 2.15. The number of hydrazone groups is 1. The highest BCUT2D eigenvalue weighted by atomic mass is 35.5. The minimum Gasteiger partial charge on any atom is -0.495 e. The van der Waals surface area contributed by atoms with Crippen LogP contribution in [0.1, 0.15) is 22.5 Å². The first-order chi connectivity index (χ1) is 14.8. The SMILES string of the molecule is COc1ccc(C)cc1-n1c(C)cc(/C=N\NC(=O)C(=O)Nc2ccc(Cl)cc2)c1C. The predicted molar refractivity (Wildman–Crippen MR) is 122 cm³/mol. The lowest BCUT2D eigenvalue weighted by Gasteiger charge is -2.14. The second-order valence-electron chi connectivity index (χ2n) is 7.00. The number of carbonyl (C=O) groups excluding carboxylic acids is 2. The van der Waals surface area contributed by atoms with E-state index in [1.54, 1.807) is 31.4 Å². The summed E-state index contributed by atoms with van der Waals surface area (Å²) in [6, 6.07) is 14.3. The standard InChI is InChI=1S/C23H23ClN4O3/c1-14-5-10-21(31-4)20(11-14)28-15(2)12-17(16(28)3)13-25-27-23(30)22(29)26-19-8-6-18(24)7-9-19/h5-13H,1-4H3,(H,26,29)(H,27,30)/b25-13-. The Morgan fingerprint density at radius 2 is 1.74 bits per heavy atom. The Kier molecular flexibility index (Phi) is 6.77. The van der Waals surface area contributed by atoms with Gasteiger partial charge >= 0.3 is 11.8 Å². The van der Waals surface area contributed by atoms with E-state index in [-0.39, 0.29) is 0 Å². The molecule has 31 heavy (non-hydrogen) atoms. The Hall–Kier alpha value is -3.58. The number of ether oxygens (including phenoxy) is 1. The zero-order valence-corrected chi connectivity index (χ0v) is 18.4. The van der Waals surface area contributed by atoms with Gasteiger partial charge in [-0.1, -0.05) is 17.7 Å². The number of benzene rings is 2. The molecule has 0 spiro atoms. The van der Waals surface area contributed by atoms with Crippen molar-refractivity contribution in [2.24, 2.45) is 5.10 Å². The van der Waals surface area contributed by atoms with Gasteiger partial charge in [-0.05, 0) is 68.8 Å². The summed E-state index contributed by atoms with van der Waals surface area (Å²) < 4.78 is 7.56. The van der Waals surface area contributed by atoms with Crippen LogP contribution in [-0.2, 0) is 9.59 Å². The number of nitrogens with one attached hydrogen (secondary N) is 2. The van der Waals surface area contributed by atoms with E-state index >= 15 is 0 Å². The minimum absolute atomic E-state index is 0.462. The third kappa shape index (κ3) is 5.13. The van der Waals surface area contributed by atoms with Crippen LogP contribution in [-0.4, -0.2) is 29.7 Å². The maximum atomic E-state index is 12.0.